The summed E-state index contributed by atoms with van der Waals surface area (Å²) in [4.78, 5) is 13.8. The van der Waals surface area contributed by atoms with E-state index in [0.717, 1.165) is 18.4 Å². The molecule has 0 aromatic heterocycles. The molecule has 0 spiro atoms. The Morgan fingerprint density at radius 3 is 2.68 bits per heavy atom. The van der Waals surface area contributed by atoms with Gasteiger partial charge < -0.3 is 10.6 Å². The zero-order chi connectivity index (χ0) is 13.8. The second-order valence-corrected chi connectivity index (χ2v) is 5.51. The normalized spacial score (nSPS) is 17.1. The van der Waals surface area contributed by atoms with Gasteiger partial charge in [0.25, 0.3) is 0 Å². The molecule has 5 heteroatoms. The van der Waals surface area contributed by atoms with Crippen molar-refractivity contribution in [2.24, 2.45) is 5.73 Å². The summed E-state index contributed by atoms with van der Waals surface area (Å²) in [5, 5.41) is 1.18. The lowest BCUT2D eigenvalue weighted by molar-refractivity contribution is -0.126. The van der Waals surface area contributed by atoms with E-state index in [9.17, 15) is 4.79 Å². The number of nitrogens with zero attached hydrogens (tertiary/aromatic N) is 1. The number of likely N-dealkylation sites (tertiary alicyclic amines) is 1. The Morgan fingerprint density at radius 1 is 1.32 bits per heavy atom. The second-order valence-electron chi connectivity index (χ2n) is 4.66. The van der Waals surface area contributed by atoms with Crippen molar-refractivity contribution in [3.63, 3.8) is 0 Å². The monoisotopic (exact) mass is 298 g/mol. The number of piperidine rings is 1. The molecule has 0 radical (unpaired) electrons. The van der Waals surface area contributed by atoms with Crippen LogP contribution in [0.15, 0.2) is 24.3 Å². The summed E-state index contributed by atoms with van der Waals surface area (Å²) >= 11 is 11.9. The molecule has 0 aliphatic carbocycles. The van der Waals surface area contributed by atoms with E-state index in [0.29, 0.717) is 23.1 Å². The summed E-state index contributed by atoms with van der Waals surface area (Å²) in [6, 6.07) is 5.39. The lowest BCUT2D eigenvalue weighted by Crippen LogP contribution is -2.42. The Labute approximate surface area is 123 Å². The molecule has 2 rings (SSSR count). The minimum absolute atomic E-state index is 0.0112. The smallest absolute Gasteiger partial charge is 0.246 e. The Morgan fingerprint density at radius 2 is 2.00 bits per heavy atom. The lowest BCUT2D eigenvalue weighted by Gasteiger charge is -2.29. The molecule has 1 amide bonds. The highest BCUT2D eigenvalue weighted by Crippen LogP contribution is 2.22. The number of nitrogens with two attached hydrogens (primary N) is 1. The molecule has 1 aliphatic heterocycles. The van der Waals surface area contributed by atoms with Gasteiger partial charge in [-0.2, -0.15) is 0 Å². The predicted octanol–water partition coefficient (Wildman–Crippen LogP) is 2.96. The van der Waals surface area contributed by atoms with Crippen LogP contribution in [0.2, 0.25) is 10.0 Å². The van der Waals surface area contributed by atoms with Crippen molar-refractivity contribution in [2.75, 3.05) is 13.1 Å². The van der Waals surface area contributed by atoms with Crippen molar-refractivity contribution in [2.45, 2.75) is 18.9 Å². The van der Waals surface area contributed by atoms with Gasteiger partial charge in [0.15, 0.2) is 0 Å². The first-order valence-electron chi connectivity index (χ1n) is 6.24. The molecule has 3 nitrogen and oxygen atoms in total. The summed E-state index contributed by atoms with van der Waals surface area (Å²) < 4.78 is 0. The predicted molar refractivity (Wildman–Crippen MR) is 79.3 cm³/mol. The summed E-state index contributed by atoms with van der Waals surface area (Å²) in [6.07, 6.45) is 4.95. The Balaban J connectivity index is 2.02. The number of halogens is 2. The minimum atomic E-state index is -0.0112. The first kappa shape index (κ1) is 14.4. The molecular weight excluding hydrogens is 283 g/mol. The summed E-state index contributed by atoms with van der Waals surface area (Å²) in [5.74, 6) is -0.0112. The lowest BCUT2D eigenvalue weighted by atomic mass is 10.1. The van der Waals surface area contributed by atoms with Crippen molar-refractivity contribution in [3.05, 3.63) is 39.9 Å². The van der Waals surface area contributed by atoms with Crippen molar-refractivity contribution in [1.29, 1.82) is 0 Å². The van der Waals surface area contributed by atoms with E-state index < -0.39 is 0 Å². The fraction of sp³-hybridized carbons (Fsp3) is 0.357. The molecule has 1 aromatic rings. The molecule has 0 unspecified atom stereocenters. The number of hydrogen-bond donors (Lipinski definition) is 1. The van der Waals surface area contributed by atoms with E-state index in [1.54, 1.807) is 29.2 Å². The van der Waals surface area contributed by atoms with Crippen molar-refractivity contribution >= 4 is 35.2 Å². The molecule has 0 saturated carbocycles. The molecule has 0 bridgehead atoms. The molecule has 1 aliphatic rings. The number of carbonyl (C=O) groups excluding carboxylic acids is 1. The fourth-order valence-corrected chi connectivity index (χ4v) is 2.39. The van der Waals surface area contributed by atoms with E-state index in [-0.39, 0.29) is 11.9 Å². The molecule has 19 heavy (non-hydrogen) atoms. The van der Waals surface area contributed by atoms with Gasteiger partial charge in [-0.1, -0.05) is 23.2 Å². The quantitative estimate of drug-likeness (QED) is 0.853. The van der Waals surface area contributed by atoms with Crippen LogP contribution in [0.5, 0.6) is 0 Å². The fourth-order valence-electron chi connectivity index (χ4n) is 2.03. The number of benzene rings is 1. The van der Waals surface area contributed by atoms with Gasteiger partial charge in [0, 0.05) is 35.3 Å². The number of hydrogen-bond acceptors (Lipinski definition) is 2. The van der Waals surface area contributed by atoms with Crippen LogP contribution in [0.3, 0.4) is 0 Å². The first-order chi connectivity index (χ1) is 9.06. The maximum atomic E-state index is 12.0. The van der Waals surface area contributed by atoms with Crippen LogP contribution in [-0.4, -0.2) is 29.9 Å². The molecular formula is C14H16Cl2N2O. The highest BCUT2D eigenvalue weighted by atomic mass is 35.5. The molecule has 102 valence electrons. The Bertz CT molecular complexity index is 494. The molecule has 1 saturated heterocycles. The topological polar surface area (TPSA) is 46.3 Å². The third-order valence-electron chi connectivity index (χ3n) is 3.21. The van der Waals surface area contributed by atoms with Gasteiger partial charge in [-0.3, -0.25) is 4.79 Å². The molecule has 1 heterocycles. The number of amides is 1. The van der Waals surface area contributed by atoms with Crippen LogP contribution < -0.4 is 5.73 Å². The Kier molecular flexibility index (Phi) is 4.86. The van der Waals surface area contributed by atoms with Crippen LogP contribution in [0.25, 0.3) is 6.08 Å². The summed E-state index contributed by atoms with van der Waals surface area (Å²) in [5.41, 5.74) is 6.56. The van der Waals surface area contributed by atoms with Gasteiger partial charge in [-0.25, -0.2) is 0 Å². The van der Waals surface area contributed by atoms with Gasteiger partial charge in [0.1, 0.15) is 0 Å². The average molecular weight is 299 g/mol. The second kappa shape index (κ2) is 6.42. The van der Waals surface area contributed by atoms with E-state index in [1.807, 2.05) is 0 Å². The largest absolute Gasteiger partial charge is 0.339 e. The van der Waals surface area contributed by atoms with Gasteiger partial charge in [-0.15, -0.1) is 0 Å². The van der Waals surface area contributed by atoms with Gasteiger partial charge in [0.2, 0.25) is 5.91 Å². The van der Waals surface area contributed by atoms with Crippen LogP contribution >= 0.6 is 23.2 Å². The molecule has 2 N–H and O–H groups in total. The van der Waals surface area contributed by atoms with Crippen LogP contribution in [0, 0.1) is 0 Å². The highest BCUT2D eigenvalue weighted by Gasteiger charge is 2.18. The minimum Gasteiger partial charge on any atom is -0.339 e. The highest BCUT2D eigenvalue weighted by molar-refractivity contribution is 6.34. The van der Waals surface area contributed by atoms with Crippen molar-refractivity contribution in [1.82, 2.24) is 4.90 Å². The van der Waals surface area contributed by atoms with E-state index >= 15 is 0 Å². The zero-order valence-corrected chi connectivity index (χ0v) is 12.0. The molecule has 1 aromatic carbocycles. The van der Waals surface area contributed by atoms with Gasteiger partial charge >= 0.3 is 0 Å². The third kappa shape index (κ3) is 3.96. The molecule has 0 atom stereocenters. The zero-order valence-electron chi connectivity index (χ0n) is 10.5. The number of carbonyl (C=O) groups is 1. The third-order valence-corrected chi connectivity index (χ3v) is 3.79. The Hall–Kier alpha value is -1.03. The maximum absolute atomic E-state index is 12.0. The van der Waals surface area contributed by atoms with Crippen LogP contribution in [0.1, 0.15) is 18.4 Å². The molecule has 1 fully saturated rings. The van der Waals surface area contributed by atoms with Gasteiger partial charge in [0.05, 0.1) is 0 Å². The SMILES string of the molecule is NC1CCN(C(=O)/C=C/c2cc(Cl)ccc2Cl)CC1. The first-order valence-corrected chi connectivity index (χ1v) is 6.99. The average Bonchev–Trinajstić information content (AvgIpc) is 2.40. The van der Waals surface area contributed by atoms with Crippen LogP contribution in [0.4, 0.5) is 0 Å². The standard InChI is InChI=1S/C14H16Cl2N2O/c15-11-2-3-13(16)10(9-11)1-4-14(19)18-7-5-12(17)6-8-18/h1-4,9,12H,5-8,17H2/b4-1+. The van der Waals surface area contributed by atoms with Crippen molar-refractivity contribution < 1.29 is 4.79 Å². The van der Waals surface area contributed by atoms with Gasteiger partial charge in [-0.05, 0) is 42.7 Å². The summed E-state index contributed by atoms with van der Waals surface area (Å²) in [7, 11) is 0. The van der Waals surface area contributed by atoms with Crippen LogP contribution in [-0.2, 0) is 4.79 Å². The van der Waals surface area contributed by atoms with E-state index in [4.69, 9.17) is 28.9 Å². The summed E-state index contributed by atoms with van der Waals surface area (Å²) in [6.45, 7) is 1.43. The number of rotatable bonds is 2. The van der Waals surface area contributed by atoms with Crippen molar-refractivity contribution in [3.8, 4) is 0 Å². The van der Waals surface area contributed by atoms with E-state index in [1.165, 1.54) is 6.08 Å². The van der Waals surface area contributed by atoms with E-state index in [2.05, 4.69) is 0 Å². The maximum Gasteiger partial charge on any atom is 0.246 e.